The Balaban J connectivity index is 1.15. The fourth-order valence-electron chi connectivity index (χ4n) is 6.35. The summed E-state index contributed by atoms with van der Waals surface area (Å²) in [5.74, 6) is 1.60. The fourth-order valence-corrected chi connectivity index (χ4v) is 8.28. The second kappa shape index (κ2) is 13.7. The Morgan fingerprint density at radius 2 is 1.71 bits per heavy atom. The maximum Gasteiger partial charge on any atom is 0.293 e. The van der Waals surface area contributed by atoms with E-state index in [0.717, 1.165) is 36.1 Å². The van der Waals surface area contributed by atoms with Crippen LogP contribution in [-0.4, -0.2) is 79.2 Å². The van der Waals surface area contributed by atoms with Gasteiger partial charge in [-0.3, -0.25) is 30.6 Å². The molecule has 15 nitrogen and oxygen atoms in total. The van der Waals surface area contributed by atoms with Crippen LogP contribution in [0.5, 0.6) is 11.5 Å². The predicted molar refractivity (Wildman–Crippen MR) is 179 cm³/mol. The summed E-state index contributed by atoms with van der Waals surface area (Å²) in [5.41, 5.74) is 4.36. The molecular weight excluding hydrogens is 642 g/mol. The van der Waals surface area contributed by atoms with Gasteiger partial charge < -0.3 is 14.4 Å². The minimum atomic E-state index is -4.10. The van der Waals surface area contributed by atoms with E-state index in [9.17, 15) is 28.6 Å². The molecule has 0 aromatic heterocycles. The molecular formula is C32H37N7O8S. The van der Waals surface area contributed by atoms with Crippen molar-refractivity contribution in [1.82, 2.24) is 9.21 Å². The molecule has 3 aliphatic rings. The van der Waals surface area contributed by atoms with Crippen LogP contribution >= 0.6 is 0 Å². The molecule has 0 amide bonds. The van der Waals surface area contributed by atoms with E-state index in [1.165, 1.54) is 28.7 Å². The number of hydrazone groups is 1. The van der Waals surface area contributed by atoms with Gasteiger partial charge in [0, 0.05) is 69.1 Å². The van der Waals surface area contributed by atoms with E-state index in [1.54, 1.807) is 12.1 Å². The monoisotopic (exact) mass is 679 g/mol. The molecule has 6 rings (SSSR count). The molecule has 16 heteroatoms. The molecule has 48 heavy (non-hydrogen) atoms. The number of non-ortho nitro benzene ring substituents is 1. The van der Waals surface area contributed by atoms with Crippen molar-refractivity contribution in [2.24, 2.45) is 11.0 Å². The summed E-state index contributed by atoms with van der Waals surface area (Å²) in [6.07, 6.45) is 2.93. The molecule has 0 unspecified atom stereocenters. The number of hydrogen-bond donors (Lipinski definition) is 1. The lowest BCUT2D eigenvalue weighted by molar-refractivity contribution is -0.385. The molecule has 0 bridgehead atoms. The predicted octanol–water partition coefficient (Wildman–Crippen LogP) is 4.81. The van der Waals surface area contributed by atoms with Gasteiger partial charge in [-0.25, -0.2) is 8.42 Å². The highest BCUT2D eigenvalue weighted by Gasteiger charge is 2.36. The highest BCUT2D eigenvalue weighted by atomic mass is 32.2. The first-order valence-electron chi connectivity index (χ1n) is 15.7. The summed E-state index contributed by atoms with van der Waals surface area (Å²) in [7, 11) is -4.10. The molecule has 2 fully saturated rings. The van der Waals surface area contributed by atoms with Crippen molar-refractivity contribution in [1.29, 1.82) is 0 Å². The molecule has 3 aromatic rings. The van der Waals surface area contributed by atoms with E-state index in [0.29, 0.717) is 50.4 Å². The zero-order valence-electron chi connectivity index (χ0n) is 26.6. The number of rotatable bonds is 10. The van der Waals surface area contributed by atoms with E-state index in [4.69, 9.17) is 9.47 Å². The Morgan fingerprint density at radius 1 is 0.938 bits per heavy atom. The topological polar surface area (TPSA) is 173 Å². The molecule has 2 atom stereocenters. The zero-order valence-corrected chi connectivity index (χ0v) is 27.5. The van der Waals surface area contributed by atoms with Crippen LogP contribution < -0.4 is 19.8 Å². The SMILES string of the molecule is C[C@@H]1CCCN(S(=O)(=O)c2cc([N+](=O)[O-])ccc2N/N=C\c2ccc(N3CCN(Cc4ccc5c(c4)OCO5)CC3)c([N+](=O)[O-])c2)[C@H]1C. The first-order chi connectivity index (χ1) is 23.0. The molecule has 0 radical (unpaired) electrons. The van der Waals surface area contributed by atoms with Crippen LogP contribution in [-0.2, 0) is 16.6 Å². The number of piperazine rings is 1. The van der Waals surface area contributed by atoms with E-state index in [1.807, 2.05) is 36.9 Å². The van der Waals surface area contributed by atoms with E-state index < -0.39 is 19.9 Å². The Morgan fingerprint density at radius 3 is 2.46 bits per heavy atom. The lowest BCUT2D eigenvalue weighted by Gasteiger charge is -2.37. The number of nitrogens with zero attached hydrogens (tertiary/aromatic N) is 6. The summed E-state index contributed by atoms with van der Waals surface area (Å²) < 4.78 is 39.8. The van der Waals surface area contributed by atoms with Crippen molar-refractivity contribution >= 4 is 39.0 Å². The van der Waals surface area contributed by atoms with Gasteiger partial charge in [0.15, 0.2) is 11.5 Å². The van der Waals surface area contributed by atoms with Gasteiger partial charge >= 0.3 is 0 Å². The molecule has 3 aromatic carbocycles. The van der Waals surface area contributed by atoms with Crippen LogP contribution in [0.3, 0.4) is 0 Å². The van der Waals surface area contributed by atoms with Crippen LogP contribution in [0, 0.1) is 26.1 Å². The van der Waals surface area contributed by atoms with E-state index >= 15 is 0 Å². The van der Waals surface area contributed by atoms with Crippen molar-refractivity contribution in [3.8, 4) is 11.5 Å². The summed E-state index contributed by atoms with van der Waals surface area (Å²) in [6.45, 7) is 7.71. The van der Waals surface area contributed by atoms with Gasteiger partial charge in [-0.05, 0) is 55.5 Å². The number of nitro groups is 2. The quantitative estimate of drug-likeness (QED) is 0.177. The third-order valence-electron chi connectivity index (χ3n) is 9.23. The first kappa shape index (κ1) is 33.1. The van der Waals surface area contributed by atoms with Crippen molar-refractivity contribution in [2.45, 2.75) is 44.2 Å². The smallest absolute Gasteiger partial charge is 0.293 e. The van der Waals surface area contributed by atoms with Crippen LogP contribution in [0.4, 0.5) is 22.7 Å². The number of nitrogens with one attached hydrogen (secondary N) is 1. The summed E-state index contributed by atoms with van der Waals surface area (Å²) in [6, 6.07) is 14.0. The van der Waals surface area contributed by atoms with Gasteiger partial charge in [-0.2, -0.15) is 9.41 Å². The number of ether oxygens (including phenoxy) is 2. The normalized spacial score (nSPS) is 20.2. The first-order valence-corrected chi connectivity index (χ1v) is 17.2. The Labute approximate surface area is 278 Å². The minimum absolute atomic E-state index is 0.0621. The van der Waals surface area contributed by atoms with Crippen molar-refractivity contribution < 1.29 is 27.7 Å². The van der Waals surface area contributed by atoms with Crippen molar-refractivity contribution in [3.05, 3.63) is 86.0 Å². The molecule has 0 aliphatic carbocycles. The second-order valence-corrected chi connectivity index (χ2v) is 14.1. The largest absolute Gasteiger partial charge is 0.454 e. The molecule has 3 aliphatic heterocycles. The van der Waals surface area contributed by atoms with Crippen LogP contribution in [0.25, 0.3) is 0 Å². The lowest BCUT2D eigenvalue weighted by atomic mass is 9.94. The van der Waals surface area contributed by atoms with Gasteiger partial charge in [0.2, 0.25) is 16.8 Å². The van der Waals surface area contributed by atoms with Gasteiger partial charge in [0.25, 0.3) is 11.4 Å². The fraction of sp³-hybridized carbons (Fsp3) is 0.406. The average Bonchev–Trinajstić information content (AvgIpc) is 3.54. The maximum atomic E-state index is 13.8. The van der Waals surface area contributed by atoms with Gasteiger partial charge in [0.05, 0.1) is 21.7 Å². The van der Waals surface area contributed by atoms with Crippen LogP contribution in [0.2, 0.25) is 0 Å². The number of piperidine rings is 1. The van der Waals surface area contributed by atoms with E-state index in [-0.39, 0.29) is 40.7 Å². The third-order valence-corrected chi connectivity index (χ3v) is 11.3. The minimum Gasteiger partial charge on any atom is -0.454 e. The second-order valence-electron chi connectivity index (χ2n) is 12.2. The van der Waals surface area contributed by atoms with Crippen molar-refractivity contribution in [3.63, 3.8) is 0 Å². The van der Waals surface area contributed by atoms with Gasteiger partial charge in [-0.15, -0.1) is 0 Å². The summed E-state index contributed by atoms with van der Waals surface area (Å²) in [4.78, 5) is 26.6. The lowest BCUT2D eigenvalue weighted by Crippen LogP contribution is -2.46. The van der Waals surface area contributed by atoms with Crippen molar-refractivity contribution in [2.75, 3.05) is 49.8 Å². The maximum absolute atomic E-state index is 13.8. The molecule has 3 heterocycles. The standard InChI is InChI=1S/C32H37N7O8S/c1-22-4-3-11-37(23(22)2)48(44,45)32-18-26(38(40)41)7-8-27(32)34-33-19-24-5-9-28(29(16-24)39(42)43)36-14-12-35(13-15-36)20-25-6-10-30-31(17-25)47-21-46-30/h5-10,16-19,22-23,34H,3-4,11-15,20-21H2,1-2H3/b33-19-/t22-,23+/m1/s1. The molecule has 2 saturated heterocycles. The molecule has 0 spiro atoms. The number of sulfonamides is 1. The molecule has 254 valence electrons. The molecule has 1 N–H and O–H groups in total. The Hall–Kier alpha value is -4.80. The Kier molecular flexibility index (Phi) is 9.48. The van der Waals surface area contributed by atoms with Gasteiger partial charge in [-0.1, -0.05) is 19.1 Å². The third kappa shape index (κ3) is 6.90. The van der Waals surface area contributed by atoms with Crippen LogP contribution in [0.1, 0.15) is 37.8 Å². The number of fused-ring (bicyclic) bond motifs is 1. The molecule has 0 saturated carbocycles. The highest BCUT2D eigenvalue weighted by molar-refractivity contribution is 7.89. The number of nitro benzene ring substituents is 2. The van der Waals surface area contributed by atoms with E-state index in [2.05, 4.69) is 15.4 Å². The Bertz CT molecular complexity index is 1850. The number of benzene rings is 3. The number of hydrogen-bond acceptors (Lipinski definition) is 12. The summed E-state index contributed by atoms with van der Waals surface area (Å²) >= 11 is 0. The van der Waals surface area contributed by atoms with Gasteiger partial charge in [0.1, 0.15) is 10.6 Å². The average molecular weight is 680 g/mol. The van der Waals surface area contributed by atoms with Crippen LogP contribution in [0.15, 0.2) is 64.6 Å². The number of anilines is 2. The zero-order chi connectivity index (χ0) is 34.0. The highest BCUT2D eigenvalue weighted by Crippen LogP contribution is 2.35. The summed E-state index contributed by atoms with van der Waals surface area (Å²) in [5, 5.41) is 27.8.